The average Bonchev–Trinajstić information content (AvgIpc) is 3.50. The molecule has 0 radical (unpaired) electrons. The normalized spacial score (nSPS) is 13.5. The Morgan fingerprint density at radius 1 is 0.978 bits per heavy atom. The number of nitrogens with zero attached hydrogens (tertiary/aromatic N) is 5. The molecule has 0 saturated carbocycles. The molecule has 0 atom stereocenters. The second-order valence-corrected chi connectivity index (χ2v) is 11.1. The molecule has 3 aromatic carbocycles. The second kappa shape index (κ2) is 15.9. The van der Waals surface area contributed by atoms with Gasteiger partial charge in [-0.25, -0.2) is 9.97 Å². The number of hydrogen-bond donors (Lipinski definition) is 3. The molecule has 1 fully saturated rings. The van der Waals surface area contributed by atoms with E-state index in [1.54, 1.807) is 13.3 Å². The van der Waals surface area contributed by atoms with Crippen LogP contribution in [0.3, 0.4) is 0 Å². The topological polar surface area (TPSA) is 121 Å². The van der Waals surface area contributed by atoms with Gasteiger partial charge in [-0.05, 0) is 49.9 Å². The molecule has 0 aliphatic carbocycles. The molecule has 3 N–H and O–H groups in total. The Kier molecular flexibility index (Phi) is 12.0. The molecule has 0 bridgehead atoms. The number of aromatic amines is 1. The van der Waals surface area contributed by atoms with Crippen molar-refractivity contribution < 1.29 is 14.3 Å². The van der Waals surface area contributed by atoms with Gasteiger partial charge in [0.1, 0.15) is 12.4 Å². The number of likely N-dealkylation sites (N-methyl/N-ethyl adjacent to an activating group) is 1. The third-order valence-corrected chi connectivity index (χ3v) is 7.83. The van der Waals surface area contributed by atoms with Crippen molar-refractivity contribution in [2.45, 2.75) is 19.8 Å². The Balaban J connectivity index is 0.00000240. The van der Waals surface area contributed by atoms with E-state index in [2.05, 4.69) is 37.7 Å². The molecule has 3 heterocycles. The Morgan fingerprint density at radius 2 is 1.80 bits per heavy atom. The van der Waals surface area contributed by atoms with E-state index in [4.69, 9.17) is 19.4 Å². The largest absolute Gasteiger partial charge is 0.493 e. The van der Waals surface area contributed by atoms with Crippen LogP contribution in [0.4, 0.5) is 17.2 Å². The van der Waals surface area contributed by atoms with Crippen LogP contribution in [0, 0.1) is 0 Å². The number of methoxy groups -OCH3 is 1. The Morgan fingerprint density at radius 3 is 2.59 bits per heavy atom. The number of ether oxygens (including phenoxy) is 2. The van der Waals surface area contributed by atoms with Gasteiger partial charge in [0.15, 0.2) is 17.3 Å². The lowest BCUT2D eigenvalue weighted by molar-refractivity contribution is -0.116. The molecule has 244 valence electrons. The summed E-state index contributed by atoms with van der Waals surface area (Å²) in [5.74, 6) is 2.36. The molecule has 0 unspecified atom stereocenters. The number of halogens is 2. The highest BCUT2D eigenvalue weighted by Crippen LogP contribution is 2.37. The predicted molar refractivity (Wildman–Crippen MR) is 188 cm³/mol. The molecule has 46 heavy (non-hydrogen) atoms. The third-order valence-electron chi connectivity index (χ3n) is 7.83. The molecule has 13 heteroatoms. The highest BCUT2D eigenvalue weighted by Gasteiger charge is 2.18. The molecule has 11 nitrogen and oxygen atoms in total. The molecular formula is C33H40Cl2N8O3. The van der Waals surface area contributed by atoms with Gasteiger partial charge < -0.3 is 25.0 Å². The summed E-state index contributed by atoms with van der Waals surface area (Å²) in [7, 11) is 3.79. The van der Waals surface area contributed by atoms with Crippen molar-refractivity contribution >= 4 is 69.7 Å². The fourth-order valence-corrected chi connectivity index (χ4v) is 5.33. The zero-order valence-electron chi connectivity index (χ0n) is 26.2. The maximum Gasteiger partial charge on any atom is 0.224 e. The lowest BCUT2D eigenvalue weighted by Crippen LogP contribution is -2.45. The van der Waals surface area contributed by atoms with Crippen molar-refractivity contribution in [2.75, 3.05) is 64.1 Å². The number of hydrogen-bond acceptors (Lipinski definition) is 9. The number of carbonyl (C=O) groups excluding carboxylic acids is 1. The van der Waals surface area contributed by atoms with Crippen molar-refractivity contribution in [2.24, 2.45) is 0 Å². The van der Waals surface area contributed by atoms with Gasteiger partial charge in [0.2, 0.25) is 5.91 Å². The number of amides is 1. The van der Waals surface area contributed by atoms with Gasteiger partial charge >= 0.3 is 0 Å². The van der Waals surface area contributed by atoms with Crippen LogP contribution in [-0.4, -0.2) is 89.4 Å². The van der Waals surface area contributed by atoms with Crippen LogP contribution >= 0.6 is 24.8 Å². The molecule has 2 aromatic heterocycles. The smallest absolute Gasteiger partial charge is 0.224 e. The van der Waals surface area contributed by atoms with E-state index < -0.39 is 0 Å². The zero-order valence-corrected chi connectivity index (χ0v) is 27.8. The standard InChI is InChI=1S/C33H38N8O3.2ClH/c1-4-6-31(42)35-24-8-5-7-22(17-24)32-37-28-20-29(43-3)30(44-16-15-41-13-11-40(2)12-14-41)19-26(28)33(38-32)36-25-9-10-27-23(18-25)21-34-39-27;;/h5,7-10,17-21H,4,6,11-16H2,1-3H3,(H,34,39)(H,35,42)(H,36,37,38);2*1H. The van der Waals surface area contributed by atoms with Gasteiger partial charge in [0, 0.05) is 72.9 Å². The summed E-state index contributed by atoms with van der Waals surface area (Å²) in [6.07, 6.45) is 3.03. The molecule has 0 spiro atoms. The van der Waals surface area contributed by atoms with Gasteiger partial charge in [0.25, 0.3) is 0 Å². The SMILES string of the molecule is CCCC(=O)Nc1cccc(-c2nc(Nc3ccc4[nH]ncc4c3)c3cc(OCCN4CCN(C)CC4)c(OC)cc3n2)c1.Cl.Cl. The minimum atomic E-state index is -0.0223. The van der Waals surface area contributed by atoms with Crippen molar-refractivity contribution in [1.29, 1.82) is 0 Å². The lowest BCUT2D eigenvalue weighted by Gasteiger charge is -2.32. The number of H-pyrrole nitrogens is 1. The summed E-state index contributed by atoms with van der Waals surface area (Å²) in [4.78, 5) is 26.9. The van der Waals surface area contributed by atoms with Crippen LogP contribution in [0.5, 0.6) is 11.5 Å². The van der Waals surface area contributed by atoms with Crippen LogP contribution in [0.2, 0.25) is 0 Å². The molecule has 1 aliphatic heterocycles. The quantitative estimate of drug-likeness (QED) is 0.153. The number of piperazine rings is 1. The van der Waals surface area contributed by atoms with Gasteiger partial charge in [-0.2, -0.15) is 5.10 Å². The van der Waals surface area contributed by atoms with E-state index in [0.29, 0.717) is 47.4 Å². The van der Waals surface area contributed by atoms with Crippen LogP contribution in [-0.2, 0) is 4.79 Å². The minimum absolute atomic E-state index is 0. The summed E-state index contributed by atoms with van der Waals surface area (Å²) in [6, 6.07) is 17.4. The first-order chi connectivity index (χ1) is 21.5. The summed E-state index contributed by atoms with van der Waals surface area (Å²) < 4.78 is 12.0. The maximum absolute atomic E-state index is 12.3. The number of carbonyl (C=O) groups is 1. The Bertz CT molecular complexity index is 1780. The van der Waals surface area contributed by atoms with E-state index in [0.717, 1.165) is 66.7 Å². The van der Waals surface area contributed by atoms with Crippen LogP contribution in [0.25, 0.3) is 33.2 Å². The number of anilines is 3. The van der Waals surface area contributed by atoms with E-state index in [-0.39, 0.29) is 30.7 Å². The molecule has 6 rings (SSSR count). The zero-order chi connectivity index (χ0) is 30.5. The molecule has 5 aromatic rings. The number of aromatic nitrogens is 4. The highest BCUT2D eigenvalue weighted by atomic mass is 35.5. The van der Waals surface area contributed by atoms with E-state index in [9.17, 15) is 4.79 Å². The second-order valence-electron chi connectivity index (χ2n) is 11.1. The average molecular weight is 668 g/mol. The number of rotatable bonds is 11. The van der Waals surface area contributed by atoms with Gasteiger partial charge in [-0.15, -0.1) is 24.8 Å². The van der Waals surface area contributed by atoms with Crippen LogP contribution in [0.15, 0.2) is 60.8 Å². The van der Waals surface area contributed by atoms with Crippen molar-refractivity contribution in [3.63, 3.8) is 0 Å². The molecule has 1 saturated heterocycles. The van der Waals surface area contributed by atoms with Crippen LogP contribution in [0.1, 0.15) is 19.8 Å². The first-order valence-corrected chi connectivity index (χ1v) is 15.0. The van der Waals surface area contributed by atoms with Crippen molar-refractivity contribution in [3.8, 4) is 22.9 Å². The van der Waals surface area contributed by atoms with Crippen molar-refractivity contribution in [1.82, 2.24) is 30.0 Å². The number of nitrogens with one attached hydrogen (secondary N) is 3. The highest BCUT2D eigenvalue weighted by molar-refractivity contribution is 5.96. The maximum atomic E-state index is 12.3. The monoisotopic (exact) mass is 666 g/mol. The van der Waals surface area contributed by atoms with Crippen molar-refractivity contribution in [3.05, 3.63) is 60.8 Å². The van der Waals surface area contributed by atoms with E-state index in [1.165, 1.54) is 0 Å². The first kappa shape index (κ1) is 34.7. The van der Waals surface area contributed by atoms with Crippen LogP contribution < -0.4 is 20.1 Å². The summed E-state index contributed by atoms with van der Waals surface area (Å²) in [5.41, 5.74) is 3.99. The molecular weight excluding hydrogens is 627 g/mol. The minimum Gasteiger partial charge on any atom is -0.493 e. The Hall–Kier alpha value is -4.16. The summed E-state index contributed by atoms with van der Waals surface area (Å²) >= 11 is 0. The summed E-state index contributed by atoms with van der Waals surface area (Å²) in [5, 5.41) is 15.4. The molecule has 1 aliphatic rings. The summed E-state index contributed by atoms with van der Waals surface area (Å²) in [6.45, 7) is 7.55. The number of fused-ring (bicyclic) bond motifs is 2. The first-order valence-electron chi connectivity index (χ1n) is 15.0. The van der Waals surface area contributed by atoms with E-state index in [1.807, 2.05) is 61.5 Å². The van der Waals surface area contributed by atoms with E-state index >= 15 is 0 Å². The third kappa shape index (κ3) is 8.16. The lowest BCUT2D eigenvalue weighted by atomic mass is 10.1. The van der Waals surface area contributed by atoms with Gasteiger partial charge in [-0.1, -0.05) is 19.1 Å². The number of benzene rings is 3. The fraction of sp³-hybridized carbons (Fsp3) is 0.333. The molecule has 1 amide bonds. The predicted octanol–water partition coefficient (Wildman–Crippen LogP) is 6.13. The van der Waals surface area contributed by atoms with Gasteiger partial charge in [0.05, 0.1) is 24.3 Å². The Labute approximate surface area is 280 Å². The van der Waals surface area contributed by atoms with Gasteiger partial charge in [-0.3, -0.25) is 14.8 Å². The fourth-order valence-electron chi connectivity index (χ4n) is 5.33.